The fourth-order valence-corrected chi connectivity index (χ4v) is 10.7. The fourth-order valence-electron chi connectivity index (χ4n) is 8.65. The molecule has 0 aromatic carbocycles. The van der Waals surface area contributed by atoms with Crippen LogP contribution in [0.5, 0.6) is 0 Å². The van der Waals surface area contributed by atoms with E-state index in [0.29, 0.717) is 35.9 Å². The number of allylic oxidation sites excluding steroid dienone is 3. The number of hydrogen-bond donors (Lipinski definition) is 0. The SMILES string of the molecule is CC(=O)O[C@H]1CC[C@@]2(C)C(=CC[C@@H]3[C@@H]2CC[C@]2(C)C([C@H](C)C(=O)CCC(C)C)=C(SCCSC(C)=O)C[C@@H]32)C1. The first-order valence-corrected chi connectivity index (χ1v) is 17.2. The molecule has 0 aliphatic heterocycles. The van der Waals surface area contributed by atoms with Crippen LogP contribution in [0.1, 0.15) is 106 Å². The maximum atomic E-state index is 13.5. The third-order valence-electron chi connectivity index (χ3n) is 10.7. The van der Waals surface area contributed by atoms with Crippen LogP contribution in [0.3, 0.4) is 0 Å². The van der Waals surface area contributed by atoms with Crippen LogP contribution in [0.25, 0.3) is 0 Å². The van der Waals surface area contributed by atoms with Crippen LogP contribution in [-0.2, 0) is 19.1 Å². The molecule has 4 aliphatic carbocycles. The van der Waals surface area contributed by atoms with Gasteiger partial charge in [-0.2, -0.15) is 0 Å². The molecule has 2 fully saturated rings. The second-order valence-corrected chi connectivity index (χ2v) is 16.0. The second kappa shape index (κ2) is 12.5. The predicted molar refractivity (Wildman–Crippen MR) is 164 cm³/mol. The summed E-state index contributed by atoms with van der Waals surface area (Å²) in [4.78, 5) is 38.1. The van der Waals surface area contributed by atoms with Crippen LogP contribution in [0.2, 0.25) is 0 Å². The molecule has 4 rings (SSSR count). The van der Waals surface area contributed by atoms with Crippen LogP contribution in [-0.4, -0.2) is 34.5 Å². The lowest BCUT2D eigenvalue weighted by atomic mass is 9.47. The van der Waals surface area contributed by atoms with Crippen molar-refractivity contribution in [2.75, 3.05) is 11.5 Å². The lowest BCUT2D eigenvalue weighted by Gasteiger charge is -2.58. The van der Waals surface area contributed by atoms with Gasteiger partial charge in [0.2, 0.25) is 0 Å². The van der Waals surface area contributed by atoms with Gasteiger partial charge in [-0.3, -0.25) is 14.4 Å². The van der Waals surface area contributed by atoms with E-state index < -0.39 is 0 Å². The van der Waals surface area contributed by atoms with Crippen LogP contribution in [0.15, 0.2) is 22.1 Å². The first-order valence-electron chi connectivity index (χ1n) is 15.3. The maximum absolute atomic E-state index is 13.5. The van der Waals surface area contributed by atoms with Crippen molar-refractivity contribution in [3.05, 3.63) is 22.1 Å². The van der Waals surface area contributed by atoms with Crippen LogP contribution in [0.4, 0.5) is 0 Å². The molecule has 39 heavy (non-hydrogen) atoms. The molecule has 218 valence electrons. The molecule has 7 atom stereocenters. The first kappa shape index (κ1) is 30.9. The lowest BCUT2D eigenvalue weighted by molar-refractivity contribution is -0.148. The van der Waals surface area contributed by atoms with Gasteiger partial charge >= 0.3 is 5.97 Å². The number of carbonyl (C=O) groups excluding carboxylic acids is 3. The number of carbonyl (C=O) groups is 3. The van der Waals surface area contributed by atoms with Gasteiger partial charge in [-0.15, -0.1) is 11.8 Å². The van der Waals surface area contributed by atoms with Gasteiger partial charge < -0.3 is 4.74 Å². The summed E-state index contributed by atoms with van der Waals surface area (Å²) in [5, 5.41) is 0.179. The molecule has 4 aliphatic rings. The van der Waals surface area contributed by atoms with E-state index >= 15 is 0 Å². The Bertz CT molecular complexity index is 1030. The Morgan fingerprint density at radius 3 is 2.38 bits per heavy atom. The zero-order chi connectivity index (χ0) is 28.5. The van der Waals surface area contributed by atoms with Gasteiger partial charge in [-0.05, 0) is 89.9 Å². The number of ketones is 1. The van der Waals surface area contributed by atoms with Gasteiger partial charge in [0.15, 0.2) is 5.12 Å². The molecule has 4 nitrogen and oxygen atoms in total. The number of Topliss-reactive ketones (excluding diaryl/α,β-unsaturated/α-hetero) is 1. The number of thioether (sulfide) groups is 2. The summed E-state index contributed by atoms with van der Waals surface area (Å²) in [5.74, 6) is 4.34. The Labute approximate surface area is 245 Å². The summed E-state index contributed by atoms with van der Waals surface area (Å²) in [6, 6.07) is 0. The van der Waals surface area contributed by atoms with Crippen molar-refractivity contribution < 1.29 is 19.1 Å². The standard InChI is InChI=1S/C33H50O4S2/c1-20(2)8-11-29(36)21(3)31-30(39-17-16-38-23(5)35)19-28-26-10-9-24-18-25(37-22(4)34)12-14-32(24,6)27(26)13-15-33(28,31)7/h9,20-21,25-28H,8,10-19H2,1-7H3/t21-,25+,26-,27+,28+,32+,33+/m1/s1. The van der Waals surface area contributed by atoms with E-state index in [-0.39, 0.29) is 33.9 Å². The predicted octanol–water partition coefficient (Wildman–Crippen LogP) is 8.40. The molecule has 0 spiro atoms. The minimum absolute atomic E-state index is 0.0253. The van der Waals surface area contributed by atoms with Crippen molar-refractivity contribution in [2.24, 2.45) is 40.4 Å². The Kier molecular flexibility index (Phi) is 9.89. The lowest BCUT2D eigenvalue weighted by Crippen LogP contribution is -2.50. The molecule has 0 amide bonds. The molecule has 0 bridgehead atoms. The minimum atomic E-state index is -0.167. The average molecular weight is 575 g/mol. The monoisotopic (exact) mass is 574 g/mol. The molecule has 0 aromatic rings. The zero-order valence-corrected chi connectivity index (χ0v) is 26.9. The summed E-state index contributed by atoms with van der Waals surface area (Å²) in [7, 11) is 0. The number of ether oxygens (including phenoxy) is 1. The Morgan fingerprint density at radius 1 is 1.00 bits per heavy atom. The normalized spacial score (nSPS) is 34.6. The van der Waals surface area contributed by atoms with Crippen LogP contribution in [0, 0.1) is 40.4 Å². The van der Waals surface area contributed by atoms with Crippen molar-refractivity contribution in [1.82, 2.24) is 0 Å². The van der Waals surface area contributed by atoms with Crippen LogP contribution >= 0.6 is 23.5 Å². The maximum Gasteiger partial charge on any atom is 0.302 e. The summed E-state index contributed by atoms with van der Waals surface area (Å²) in [6.07, 6.45) is 11.6. The molecular weight excluding hydrogens is 524 g/mol. The van der Waals surface area contributed by atoms with Gasteiger partial charge in [0, 0.05) is 44.1 Å². The smallest absolute Gasteiger partial charge is 0.302 e. The third kappa shape index (κ3) is 6.42. The minimum Gasteiger partial charge on any atom is -0.462 e. The van der Waals surface area contributed by atoms with E-state index in [2.05, 4.69) is 40.7 Å². The van der Waals surface area contributed by atoms with Gasteiger partial charge in [0.25, 0.3) is 0 Å². The molecule has 0 heterocycles. The highest BCUT2D eigenvalue weighted by atomic mass is 32.2. The van der Waals surface area contributed by atoms with Crippen molar-refractivity contribution in [1.29, 1.82) is 0 Å². The molecule has 0 unspecified atom stereocenters. The molecule has 0 N–H and O–H groups in total. The first-order chi connectivity index (χ1) is 18.4. The highest BCUT2D eigenvalue weighted by Crippen LogP contribution is 2.68. The van der Waals surface area contributed by atoms with E-state index in [1.807, 2.05) is 11.8 Å². The topological polar surface area (TPSA) is 60.4 Å². The van der Waals surface area contributed by atoms with E-state index in [0.717, 1.165) is 56.5 Å². The van der Waals surface area contributed by atoms with Crippen molar-refractivity contribution in [3.8, 4) is 0 Å². The summed E-state index contributed by atoms with van der Waals surface area (Å²) in [6.45, 7) is 14.7. The summed E-state index contributed by atoms with van der Waals surface area (Å²) >= 11 is 3.34. The van der Waals surface area contributed by atoms with Crippen molar-refractivity contribution in [3.63, 3.8) is 0 Å². The van der Waals surface area contributed by atoms with E-state index in [9.17, 15) is 14.4 Å². The molecule has 0 aromatic heterocycles. The van der Waals surface area contributed by atoms with Crippen molar-refractivity contribution >= 4 is 40.4 Å². The second-order valence-electron chi connectivity index (χ2n) is 13.5. The summed E-state index contributed by atoms with van der Waals surface area (Å²) < 4.78 is 5.64. The van der Waals surface area contributed by atoms with Crippen LogP contribution < -0.4 is 0 Å². The largest absolute Gasteiger partial charge is 0.462 e. The number of esters is 1. The Hall–Kier alpha value is -1.01. The molecule has 0 saturated heterocycles. The quantitative estimate of drug-likeness (QED) is 0.148. The molecule has 0 radical (unpaired) electrons. The third-order valence-corrected chi connectivity index (χ3v) is 12.9. The van der Waals surface area contributed by atoms with Gasteiger partial charge in [-0.1, -0.05) is 58.0 Å². The summed E-state index contributed by atoms with van der Waals surface area (Å²) in [5.41, 5.74) is 3.22. The number of rotatable bonds is 10. The van der Waals surface area contributed by atoms with Gasteiger partial charge in [-0.25, -0.2) is 0 Å². The highest BCUT2D eigenvalue weighted by molar-refractivity contribution is 8.14. The van der Waals surface area contributed by atoms with Gasteiger partial charge in [0.1, 0.15) is 11.9 Å². The van der Waals surface area contributed by atoms with Crippen molar-refractivity contribution in [2.45, 2.75) is 112 Å². The van der Waals surface area contributed by atoms with E-state index in [4.69, 9.17) is 4.74 Å². The number of hydrogen-bond acceptors (Lipinski definition) is 6. The number of fused-ring (bicyclic) bond motifs is 5. The van der Waals surface area contributed by atoms with E-state index in [1.54, 1.807) is 6.92 Å². The zero-order valence-electron chi connectivity index (χ0n) is 25.3. The molecule has 2 saturated carbocycles. The molecular formula is C33H50O4S2. The van der Waals surface area contributed by atoms with E-state index in [1.165, 1.54) is 41.2 Å². The fraction of sp³-hybridized carbons (Fsp3) is 0.788. The van der Waals surface area contributed by atoms with Gasteiger partial charge in [0.05, 0.1) is 0 Å². The highest BCUT2D eigenvalue weighted by Gasteiger charge is 2.59. The molecule has 6 heteroatoms. The average Bonchev–Trinajstić information content (AvgIpc) is 3.16. The Balaban J connectivity index is 1.59. The Morgan fingerprint density at radius 2 is 1.72 bits per heavy atom.